The van der Waals surface area contributed by atoms with Crippen molar-refractivity contribution in [3.05, 3.63) is 48.5 Å². The number of piperidine rings is 1. The van der Waals surface area contributed by atoms with Gasteiger partial charge in [0.05, 0.1) is 12.6 Å². The van der Waals surface area contributed by atoms with Gasteiger partial charge in [0.2, 0.25) is 5.95 Å². The quantitative estimate of drug-likeness (QED) is 0.768. The number of methoxy groups -OCH3 is 1. The van der Waals surface area contributed by atoms with Gasteiger partial charge in [-0.1, -0.05) is 12.1 Å². The molecule has 4 rings (SSSR count). The topological polar surface area (TPSA) is 50.3 Å². The van der Waals surface area contributed by atoms with E-state index in [2.05, 4.69) is 16.3 Å². The highest BCUT2D eigenvalue weighted by atomic mass is 16.5. The molecule has 1 N–H and O–H groups in total. The molecule has 0 radical (unpaired) electrons. The first-order valence-corrected chi connectivity index (χ1v) is 8.76. The highest BCUT2D eigenvalue weighted by Crippen LogP contribution is 2.28. The summed E-state index contributed by atoms with van der Waals surface area (Å²) in [7, 11) is 1.67. The zero-order valence-corrected chi connectivity index (χ0v) is 14.4. The fraction of sp³-hybridized carbons (Fsp3) is 0.300. The average molecular weight is 334 g/mol. The van der Waals surface area contributed by atoms with E-state index in [1.54, 1.807) is 7.11 Å². The number of hydrogen-bond donors (Lipinski definition) is 1. The van der Waals surface area contributed by atoms with Crippen LogP contribution in [0, 0.1) is 0 Å². The Hall–Kier alpha value is -2.82. The van der Waals surface area contributed by atoms with Crippen molar-refractivity contribution in [3.8, 4) is 5.75 Å². The van der Waals surface area contributed by atoms with Crippen molar-refractivity contribution in [2.75, 3.05) is 30.4 Å². The van der Waals surface area contributed by atoms with Crippen molar-refractivity contribution in [1.29, 1.82) is 0 Å². The van der Waals surface area contributed by atoms with E-state index in [9.17, 15) is 0 Å². The number of fused-ring (bicyclic) bond motifs is 1. The van der Waals surface area contributed by atoms with Crippen molar-refractivity contribution < 1.29 is 4.74 Å². The van der Waals surface area contributed by atoms with Crippen LogP contribution in [-0.2, 0) is 0 Å². The van der Waals surface area contributed by atoms with Crippen molar-refractivity contribution in [2.24, 2.45) is 0 Å². The molecular weight excluding hydrogens is 312 g/mol. The summed E-state index contributed by atoms with van der Waals surface area (Å²) in [5.74, 6) is 2.50. The molecule has 25 heavy (non-hydrogen) atoms. The Bertz CT molecular complexity index is 857. The second kappa shape index (κ2) is 6.97. The second-order valence-corrected chi connectivity index (χ2v) is 6.29. The Morgan fingerprint density at radius 2 is 1.68 bits per heavy atom. The zero-order valence-electron chi connectivity index (χ0n) is 14.4. The summed E-state index contributed by atoms with van der Waals surface area (Å²) in [6, 6.07) is 16.0. The molecule has 5 nitrogen and oxygen atoms in total. The van der Waals surface area contributed by atoms with E-state index < -0.39 is 0 Å². The first-order chi connectivity index (χ1) is 12.3. The van der Waals surface area contributed by atoms with Crippen LogP contribution in [-0.4, -0.2) is 30.2 Å². The molecule has 1 aliphatic heterocycles. The van der Waals surface area contributed by atoms with Crippen LogP contribution >= 0.6 is 0 Å². The third-order valence-corrected chi connectivity index (χ3v) is 4.58. The molecule has 128 valence electrons. The lowest BCUT2D eigenvalue weighted by Gasteiger charge is -2.27. The largest absolute Gasteiger partial charge is 0.497 e. The number of ether oxygens (including phenoxy) is 1. The van der Waals surface area contributed by atoms with Crippen molar-refractivity contribution >= 4 is 28.4 Å². The number of benzene rings is 2. The zero-order chi connectivity index (χ0) is 17.1. The van der Waals surface area contributed by atoms with Crippen LogP contribution in [0.25, 0.3) is 10.9 Å². The van der Waals surface area contributed by atoms with Crippen molar-refractivity contribution in [1.82, 2.24) is 9.97 Å². The molecule has 0 saturated carbocycles. The minimum atomic E-state index is 0.814. The van der Waals surface area contributed by atoms with Gasteiger partial charge in [0.25, 0.3) is 0 Å². The number of rotatable bonds is 4. The second-order valence-electron chi connectivity index (χ2n) is 6.29. The van der Waals surface area contributed by atoms with E-state index >= 15 is 0 Å². The van der Waals surface area contributed by atoms with E-state index in [1.807, 2.05) is 42.5 Å². The minimum absolute atomic E-state index is 0.814. The molecule has 0 aliphatic carbocycles. The minimum Gasteiger partial charge on any atom is -0.497 e. The number of anilines is 3. The first kappa shape index (κ1) is 15.7. The van der Waals surface area contributed by atoms with Gasteiger partial charge in [-0.15, -0.1) is 0 Å². The maximum atomic E-state index is 5.23. The van der Waals surface area contributed by atoms with Crippen LogP contribution in [0.3, 0.4) is 0 Å². The summed E-state index contributed by atoms with van der Waals surface area (Å²) in [5, 5.41) is 4.47. The Labute approximate surface area is 147 Å². The van der Waals surface area contributed by atoms with Gasteiger partial charge in [-0.2, -0.15) is 4.98 Å². The monoisotopic (exact) mass is 334 g/mol. The van der Waals surface area contributed by atoms with Crippen molar-refractivity contribution in [2.45, 2.75) is 19.3 Å². The van der Waals surface area contributed by atoms with Gasteiger partial charge in [0, 0.05) is 24.2 Å². The Morgan fingerprint density at radius 1 is 0.920 bits per heavy atom. The predicted octanol–water partition coefficient (Wildman–Crippen LogP) is 4.37. The maximum Gasteiger partial charge on any atom is 0.227 e. The fourth-order valence-electron chi connectivity index (χ4n) is 3.21. The lowest BCUT2D eigenvalue weighted by Crippen LogP contribution is -2.31. The Balaban J connectivity index is 1.72. The third kappa shape index (κ3) is 3.36. The van der Waals surface area contributed by atoms with Crippen molar-refractivity contribution in [3.63, 3.8) is 0 Å². The SMILES string of the molecule is COc1ccc(Nc2nc(N3CCCCC3)nc3ccccc23)cc1. The molecule has 0 atom stereocenters. The summed E-state index contributed by atoms with van der Waals surface area (Å²) >= 11 is 0. The van der Waals surface area contributed by atoms with Gasteiger partial charge in [-0.3, -0.25) is 0 Å². The number of nitrogens with one attached hydrogen (secondary N) is 1. The molecule has 1 aliphatic rings. The molecule has 0 bridgehead atoms. The maximum absolute atomic E-state index is 5.23. The normalized spacial score (nSPS) is 14.5. The van der Waals surface area contributed by atoms with E-state index in [0.29, 0.717) is 0 Å². The first-order valence-electron chi connectivity index (χ1n) is 8.76. The van der Waals surface area contributed by atoms with Gasteiger partial charge in [0.1, 0.15) is 11.6 Å². The fourth-order valence-corrected chi connectivity index (χ4v) is 3.21. The molecule has 1 fully saturated rings. The molecule has 5 heteroatoms. The third-order valence-electron chi connectivity index (χ3n) is 4.58. The molecule has 1 saturated heterocycles. The average Bonchev–Trinajstić information content (AvgIpc) is 2.69. The lowest BCUT2D eigenvalue weighted by molar-refractivity contribution is 0.415. The van der Waals surface area contributed by atoms with E-state index in [1.165, 1.54) is 19.3 Å². The van der Waals surface area contributed by atoms with Gasteiger partial charge in [0.15, 0.2) is 0 Å². The molecule has 2 heterocycles. The highest BCUT2D eigenvalue weighted by Gasteiger charge is 2.16. The molecule has 0 amide bonds. The summed E-state index contributed by atoms with van der Waals surface area (Å²) < 4.78 is 5.23. The summed E-state index contributed by atoms with van der Waals surface area (Å²) in [6.45, 7) is 2.06. The van der Waals surface area contributed by atoms with E-state index in [-0.39, 0.29) is 0 Å². The standard InChI is InChI=1S/C20H22N4O/c1-25-16-11-9-15(10-12-16)21-19-17-7-3-4-8-18(17)22-20(23-19)24-13-5-2-6-14-24/h3-4,7-12H,2,5-6,13-14H2,1H3,(H,21,22,23). The number of para-hydroxylation sites is 1. The Morgan fingerprint density at radius 3 is 2.44 bits per heavy atom. The number of nitrogens with zero attached hydrogens (tertiary/aromatic N) is 3. The van der Waals surface area contributed by atoms with Gasteiger partial charge < -0.3 is 15.0 Å². The van der Waals surface area contributed by atoms with Crippen LogP contribution in [0.2, 0.25) is 0 Å². The molecule has 2 aromatic carbocycles. The number of hydrogen-bond acceptors (Lipinski definition) is 5. The van der Waals surface area contributed by atoms with Crippen LogP contribution in [0.15, 0.2) is 48.5 Å². The lowest BCUT2D eigenvalue weighted by atomic mass is 10.1. The molecular formula is C20H22N4O. The molecule has 1 aromatic heterocycles. The molecule has 0 unspecified atom stereocenters. The molecule has 0 spiro atoms. The molecule has 3 aromatic rings. The Kier molecular flexibility index (Phi) is 4.37. The van der Waals surface area contributed by atoms with Crippen LogP contribution in [0.4, 0.5) is 17.5 Å². The highest BCUT2D eigenvalue weighted by molar-refractivity contribution is 5.91. The summed E-state index contributed by atoms with van der Waals surface area (Å²) in [4.78, 5) is 11.9. The van der Waals surface area contributed by atoms with Gasteiger partial charge in [-0.05, 0) is 55.7 Å². The van der Waals surface area contributed by atoms with Crippen LogP contribution in [0.1, 0.15) is 19.3 Å². The predicted molar refractivity (Wildman–Crippen MR) is 102 cm³/mol. The summed E-state index contributed by atoms with van der Waals surface area (Å²) in [5.41, 5.74) is 1.95. The van der Waals surface area contributed by atoms with E-state index in [4.69, 9.17) is 14.7 Å². The van der Waals surface area contributed by atoms with Gasteiger partial charge >= 0.3 is 0 Å². The van der Waals surface area contributed by atoms with E-state index in [0.717, 1.165) is 47.2 Å². The number of aromatic nitrogens is 2. The van der Waals surface area contributed by atoms with Crippen LogP contribution in [0.5, 0.6) is 5.75 Å². The summed E-state index contributed by atoms with van der Waals surface area (Å²) in [6.07, 6.45) is 3.70. The smallest absolute Gasteiger partial charge is 0.227 e. The van der Waals surface area contributed by atoms with Crippen LogP contribution < -0.4 is 15.0 Å². The van der Waals surface area contributed by atoms with Gasteiger partial charge in [-0.25, -0.2) is 4.98 Å².